The molecular formula is C6H5Br2MgN. The van der Waals surface area contributed by atoms with E-state index in [2.05, 4.69) is 15.9 Å². The molecule has 1 nitrogen and oxygen atoms in total. The van der Waals surface area contributed by atoms with E-state index in [0.717, 1.165) is 4.47 Å². The molecule has 0 bridgehead atoms. The summed E-state index contributed by atoms with van der Waals surface area (Å²) in [5.74, 6) is 0. The maximum atomic E-state index is 7.07. The summed E-state index contributed by atoms with van der Waals surface area (Å²) < 4.78 is 1.02. The van der Waals surface area contributed by atoms with E-state index in [1.807, 2.05) is 12.1 Å². The van der Waals surface area contributed by atoms with Gasteiger partial charge in [0.15, 0.2) is 0 Å². The first-order valence-electron chi connectivity index (χ1n) is 2.26. The van der Waals surface area contributed by atoms with Crippen LogP contribution in [0.15, 0.2) is 28.7 Å². The van der Waals surface area contributed by atoms with Gasteiger partial charge in [-0.25, -0.2) is 0 Å². The normalized spacial score (nSPS) is 7.30. The molecule has 1 aromatic carbocycles. The Kier molecular flexibility index (Phi) is 8.61. The zero-order chi connectivity index (χ0) is 5.98. The zero-order valence-electron chi connectivity index (χ0n) is 5.27. The molecule has 50 valence electrons. The van der Waals surface area contributed by atoms with Crippen molar-refractivity contribution in [3.63, 3.8) is 0 Å². The summed E-state index contributed by atoms with van der Waals surface area (Å²) in [6, 6.07) is 7.18. The molecule has 0 unspecified atom stereocenters. The van der Waals surface area contributed by atoms with Crippen LogP contribution in [0, 0.1) is 0 Å². The molecule has 1 aromatic rings. The number of rotatable bonds is 0. The van der Waals surface area contributed by atoms with Crippen LogP contribution >= 0.6 is 15.9 Å². The summed E-state index contributed by atoms with van der Waals surface area (Å²) in [5.41, 5.74) is 7.62. The van der Waals surface area contributed by atoms with Gasteiger partial charge in [-0.15, -0.1) is 5.69 Å². The number of halogens is 2. The average Bonchev–Trinajstić information content (AvgIpc) is 1.77. The molecule has 0 saturated heterocycles. The van der Waals surface area contributed by atoms with Crippen molar-refractivity contribution in [2.45, 2.75) is 0 Å². The van der Waals surface area contributed by atoms with Gasteiger partial charge in [-0.2, -0.15) is 0 Å². The van der Waals surface area contributed by atoms with Crippen LogP contribution in [-0.2, 0) is 0 Å². The summed E-state index contributed by atoms with van der Waals surface area (Å²) >= 11 is 3.26. The van der Waals surface area contributed by atoms with Crippen LogP contribution in [0.1, 0.15) is 0 Å². The second-order valence-electron chi connectivity index (χ2n) is 1.51. The van der Waals surface area contributed by atoms with E-state index in [4.69, 9.17) is 5.73 Å². The van der Waals surface area contributed by atoms with E-state index in [-0.39, 0.29) is 40.0 Å². The van der Waals surface area contributed by atoms with E-state index in [0.29, 0.717) is 5.69 Å². The Morgan fingerprint density at radius 2 is 1.50 bits per heavy atom. The standard InChI is InChI=1S/C6H5BrN.BrH.Mg/c7-5-1-3-6(8)4-2-5;;/h1-4,8H;1H;/q-1;;+2/p-1. The van der Waals surface area contributed by atoms with Crippen LogP contribution in [0.4, 0.5) is 5.69 Å². The van der Waals surface area contributed by atoms with Crippen LogP contribution in [-0.4, -0.2) is 23.1 Å². The topological polar surface area (TPSA) is 23.8 Å². The minimum atomic E-state index is 0. The van der Waals surface area contributed by atoms with E-state index in [1.54, 1.807) is 12.1 Å². The maximum absolute atomic E-state index is 7.07. The van der Waals surface area contributed by atoms with Crippen molar-refractivity contribution >= 4 is 44.7 Å². The van der Waals surface area contributed by atoms with E-state index in [1.165, 1.54) is 0 Å². The second kappa shape index (κ2) is 6.46. The van der Waals surface area contributed by atoms with Crippen LogP contribution in [0.5, 0.6) is 0 Å². The number of hydrogen-bond acceptors (Lipinski definition) is 0. The average molecular weight is 275 g/mol. The first kappa shape index (κ1) is 13.3. The van der Waals surface area contributed by atoms with Gasteiger partial charge in [0.25, 0.3) is 0 Å². The van der Waals surface area contributed by atoms with Crippen LogP contribution < -0.4 is 17.0 Å². The Morgan fingerprint density at radius 1 is 1.10 bits per heavy atom. The van der Waals surface area contributed by atoms with Gasteiger partial charge in [0.05, 0.1) is 0 Å². The van der Waals surface area contributed by atoms with Gasteiger partial charge in [0.1, 0.15) is 0 Å². The molecule has 0 aromatic heterocycles. The fraction of sp³-hybridized carbons (Fsp3) is 0. The fourth-order valence-electron chi connectivity index (χ4n) is 0.450. The zero-order valence-corrected chi connectivity index (χ0v) is 9.86. The number of nitrogens with one attached hydrogen (secondary N) is 1. The summed E-state index contributed by atoms with van der Waals surface area (Å²) in [6.07, 6.45) is 0. The molecule has 0 aliphatic rings. The smallest absolute Gasteiger partial charge is 1.00 e. The Bertz CT molecular complexity index is 155. The van der Waals surface area contributed by atoms with Crippen molar-refractivity contribution in [3.8, 4) is 0 Å². The van der Waals surface area contributed by atoms with Crippen LogP contribution in [0.25, 0.3) is 5.73 Å². The molecule has 0 saturated carbocycles. The SMILES string of the molecule is [Br-].[Mg+2].[NH-]c1ccc(Br)cc1. The predicted octanol–water partition coefficient (Wildman–Crippen LogP) is -0.244. The van der Waals surface area contributed by atoms with Crippen molar-refractivity contribution in [1.29, 1.82) is 0 Å². The molecule has 0 amide bonds. The molecule has 4 heteroatoms. The summed E-state index contributed by atoms with van der Waals surface area (Å²) in [7, 11) is 0. The Labute approximate surface area is 95.4 Å². The van der Waals surface area contributed by atoms with Crippen molar-refractivity contribution in [2.24, 2.45) is 0 Å². The van der Waals surface area contributed by atoms with E-state index in [9.17, 15) is 0 Å². The molecule has 0 aliphatic heterocycles. The first-order chi connectivity index (χ1) is 3.79. The van der Waals surface area contributed by atoms with Crippen molar-refractivity contribution in [3.05, 3.63) is 34.5 Å². The van der Waals surface area contributed by atoms with Gasteiger partial charge >= 0.3 is 23.1 Å². The number of hydrogen-bond donors (Lipinski definition) is 0. The van der Waals surface area contributed by atoms with E-state index < -0.39 is 0 Å². The fourth-order valence-corrected chi connectivity index (χ4v) is 0.714. The molecule has 0 heterocycles. The van der Waals surface area contributed by atoms with Crippen LogP contribution in [0.2, 0.25) is 0 Å². The molecular weight excluding hydrogens is 270 g/mol. The Balaban J connectivity index is 0. The summed E-state index contributed by atoms with van der Waals surface area (Å²) in [6.45, 7) is 0. The maximum Gasteiger partial charge on any atom is 2.00 e. The van der Waals surface area contributed by atoms with Gasteiger partial charge in [0.2, 0.25) is 0 Å². The quantitative estimate of drug-likeness (QED) is 0.583. The van der Waals surface area contributed by atoms with Gasteiger partial charge in [-0.05, 0) is 12.1 Å². The first-order valence-corrected chi connectivity index (χ1v) is 3.05. The van der Waals surface area contributed by atoms with Crippen LogP contribution in [0.3, 0.4) is 0 Å². The van der Waals surface area contributed by atoms with Crippen molar-refractivity contribution < 1.29 is 17.0 Å². The van der Waals surface area contributed by atoms with Gasteiger partial charge in [0, 0.05) is 4.47 Å². The minimum Gasteiger partial charge on any atom is -1.00 e. The van der Waals surface area contributed by atoms with Crippen molar-refractivity contribution in [1.82, 2.24) is 0 Å². The summed E-state index contributed by atoms with van der Waals surface area (Å²) in [4.78, 5) is 0. The van der Waals surface area contributed by atoms with Crippen molar-refractivity contribution in [2.75, 3.05) is 0 Å². The molecule has 0 fully saturated rings. The third-order valence-electron chi connectivity index (χ3n) is 0.844. The monoisotopic (exact) mass is 273 g/mol. The van der Waals surface area contributed by atoms with Gasteiger partial charge in [-0.3, -0.25) is 0 Å². The summed E-state index contributed by atoms with van der Waals surface area (Å²) in [5, 5.41) is 0. The molecule has 0 atom stereocenters. The van der Waals surface area contributed by atoms with Gasteiger partial charge < -0.3 is 22.7 Å². The van der Waals surface area contributed by atoms with Gasteiger partial charge in [-0.1, -0.05) is 28.1 Å². The molecule has 0 aliphatic carbocycles. The second-order valence-corrected chi connectivity index (χ2v) is 2.42. The molecule has 1 rings (SSSR count). The minimum absolute atomic E-state index is 0. The molecule has 0 spiro atoms. The Morgan fingerprint density at radius 3 is 1.80 bits per heavy atom. The third kappa shape index (κ3) is 4.54. The third-order valence-corrected chi connectivity index (χ3v) is 1.37. The molecule has 1 N–H and O–H groups in total. The Hall–Kier alpha value is 0.746. The molecule has 0 radical (unpaired) electrons. The molecule has 10 heavy (non-hydrogen) atoms. The largest absolute Gasteiger partial charge is 2.00 e. The number of benzene rings is 1. The predicted molar refractivity (Wildman–Crippen MR) is 43.9 cm³/mol. The van der Waals surface area contributed by atoms with E-state index >= 15 is 0 Å².